The van der Waals surface area contributed by atoms with Gasteiger partial charge in [-0.15, -0.1) is 0 Å². The van der Waals surface area contributed by atoms with E-state index >= 15 is 0 Å². The minimum absolute atomic E-state index is 0.144. The van der Waals surface area contributed by atoms with Crippen LogP contribution >= 0.6 is 0 Å². The number of carbonyl (C=O) groups is 3. The van der Waals surface area contributed by atoms with E-state index in [-0.39, 0.29) is 25.5 Å². The molecule has 1 N–H and O–H groups in total. The number of nitrogens with zero attached hydrogens (tertiary/aromatic N) is 1. The summed E-state index contributed by atoms with van der Waals surface area (Å²) in [6.45, 7) is 3.28. The molecule has 0 spiro atoms. The summed E-state index contributed by atoms with van der Waals surface area (Å²) >= 11 is 0. The van der Waals surface area contributed by atoms with Crippen LogP contribution in [-0.2, 0) is 19.1 Å². The van der Waals surface area contributed by atoms with Gasteiger partial charge in [0.1, 0.15) is 18.0 Å². The molecular weight excluding hydrogens is 388 g/mol. The molecule has 0 radical (unpaired) electrons. The average Bonchev–Trinajstić information content (AvgIpc) is 2.87. The van der Waals surface area contributed by atoms with E-state index in [0.29, 0.717) is 22.9 Å². The van der Waals surface area contributed by atoms with Gasteiger partial charge >= 0.3 is 5.97 Å². The first-order valence-electron chi connectivity index (χ1n) is 9.56. The van der Waals surface area contributed by atoms with Crippen molar-refractivity contribution in [2.45, 2.75) is 26.4 Å². The average molecular weight is 412 g/mol. The van der Waals surface area contributed by atoms with Crippen molar-refractivity contribution >= 4 is 29.2 Å². The molecule has 0 fully saturated rings. The number of hydrogen-bond donors (Lipinski definition) is 1. The van der Waals surface area contributed by atoms with Crippen molar-refractivity contribution in [1.29, 1.82) is 0 Å². The predicted molar refractivity (Wildman–Crippen MR) is 111 cm³/mol. The third-order valence-corrected chi connectivity index (χ3v) is 4.61. The van der Waals surface area contributed by atoms with Crippen LogP contribution in [0.15, 0.2) is 42.5 Å². The van der Waals surface area contributed by atoms with Gasteiger partial charge in [-0.2, -0.15) is 0 Å². The lowest BCUT2D eigenvalue weighted by Gasteiger charge is -2.22. The molecule has 2 amide bonds. The first-order valence-corrected chi connectivity index (χ1v) is 9.56. The molecule has 0 aromatic heterocycles. The molecule has 1 aliphatic rings. The lowest BCUT2D eigenvalue weighted by molar-refractivity contribution is -0.152. The number of hydrogen-bond acceptors (Lipinski definition) is 6. The Bertz CT molecular complexity index is 958. The number of aryl methyl sites for hydroxylation is 1. The molecular formula is C22H24N2O6. The molecule has 3 rings (SSSR count). The number of ether oxygens (including phenoxy) is 3. The zero-order valence-electron chi connectivity index (χ0n) is 17.1. The minimum atomic E-state index is -1.06. The highest BCUT2D eigenvalue weighted by Gasteiger charge is 2.27. The largest absolute Gasteiger partial charge is 0.495 e. The molecule has 30 heavy (non-hydrogen) atoms. The van der Waals surface area contributed by atoms with E-state index in [1.54, 1.807) is 36.4 Å². The fourth-order valence-corrected chi connectivity index (χ4v) is 3.06. The maximum atomic E-state index is 12.5. The van der Waals surface area contributed by atoms with Crippen molar-refractivity contribution in [3.05, 3.63) is 48.0 Å². The van der Waals surface area contributed by atoms with Crippen LogP contribution in [0.5, 0.6) is 11.5 Å². The zero-order valence-corrected chi connectivity index (χ0v) is 17.1. The first kappa shape index (κ1) is 21.2. The molecule has 158 valence electrons. The highest BCUT2D eigenvalue weighted by Crippen LogP contribution is 2.31. The predicted octanol–water partition coefficient (Wildman–Crippen LogP) is 2.69. The summed E-state index contributed by atoms with van der Waals surface area (Å²) in [4.78, 5) is 38.7. The second kappa shape index (κ2) is 9.30. The van der Waals surface area contributed by atoms with Crippen molar-refractivity contribution < 1.29 is 28.6 Å². The van der Waals surface area contributed by atoms with Crippen LogP contribution in [0.2, 0.25) is 0 Å². The van der Waals surface area contributed by atoms with Crippen molar-refractivity contribution in [1.82, 2.24) is 0 Å². The molecule has 2 aromatic carbocycles. The highest BCUT2D eigenvalue weighted by atomic mass is 16.5. The number of methoxy groups -OCH3 is 1. The molecule has 1 heterocycles. The number of anilines is 2. The van der Waals surface area contributed by atoms with Gasteiger partial charge < -0.3 is 19.5 Å². The number of rotatable bonds is 6. The van der Waals surface area contributed by atoms with Gasteiger partial charge in [0.25, 0.3) is 5.91 Å². The summed E-state index contributed by atoms with van der Waals surface area (Å²) in [6, 6.07) is 12.3. The van der Waals surface area contributed by atoms with E-state index < -0.39 is 18.0 Å². The van der Waals surface area contributed by atoms with Crippen LogP contribution in [0, 0.1) is 6.92 Å². The molecule has 8 heteroatoms. The van der Waals surface area contributed by atoms with Gasteiger partial charge in [-0.3, -0.25) is 19.3 Å². The number of fused-ring (bicyclic) bond motifs is 1. The van der Waals surface area contributed by atoms with Crippen LogP contribution in [-0.4, -0.2) is 44.1 Å². The van der Waals surface area contributed by atoms with Gasteiger partial charge in [0.15, 0.2) is 6.10 Å². The Kier molecular flexibility index (Phi) is 6.56. The Morgan fingerprint density at radius 2 is 2.00 bits per heavy atom. The molecule has 1 atom stereocenters. The monoisotopic (exact) mass is 412 g/mol. The molecule has 0 aliphatic carbocycles. The van der Waals surface area contributed by atoms with E-state index in [9.17, 15) is 14.4 Å². The van der Waals surface area contributed by atoms with E-state index in [1.165, 1.54) is 18.9 Å². The molecule has 0 saturated heterocycles. The third-order valence-electron chi connectivity index (χ3n) is 4.61. The summed E-state index contributed by atoms with van der Waals surface area (Å²) in [5.74, 6) is -0.427. The fourth-order valence-electron chi connectivity index (χ4n) is 3.06. The minimum Gasteiger partial charge on any atom is -0.495 e. The van der Waals surface area contributed by atoms with Gasteiger partial charge in [-0.25, -0.2) is 0 Å². The van der Waals surface area contributed by atoms with Crippen LogP contribution in [0.1, 0.15) is 18.9 Å². The van der Waals surface area contributed by atoms with Gasteiger partial charge in [0, 0.05) is 0 Å². The highest BCUT2D eigenvalue weighted by molar-refractivity contribution is 6.00. The Balaban J connectivity index is 1.65. The Labute approximate surface area is 174 Å². The maximum absolute atomic E-state index is 12.5. The van der Waals surface area contributed by atoms with E-state index in [2.05, 4.69) is 5.32 Å². The second-order valence-corrected chi connectivity index (χ2v) is 6.87. The third kappa shape index (κ3) is 4.89. The topological polar surface area (TPSA) is 94.2 Å². The fraction of sp³-hybridized carbons (Fsp3) is 0.318. The molecule has 0 saturated carbocycles. The quantitative estimate of drug-likeness (QED) is 0.733. The normalized spacial score (nSPS) is 14.1. The van der Waals surface area contributed by atoms with Crippen LogP contribution in [0.4, 0.5) is 11.4 Å². The standard InChI is InChI=1S/C22H24N2O6/c1-14-8-9-18(28-3)16(12-14)23-22(27)15(2)30-21(26)13-24-17-6-4-5-7-19(17)29-11-10-20(24)25/h4-9,12,15H,10-11,13H2,1-3H3,(H,23,27)/t15-/m1/s1. The van der Waals surface area contributed by atoms with Gasteiger partial charge in [0.2, 0.25) is 5.91 Å². The molecule has 0 bridgehead atoms. The number of carbonyl (C=O) groups excluding carboxylic acids is 3. The van der Waals surface area contributed by atoms with Gasteiger partial charge in [0.05, 0.1) is 31.5 Å². The molecule has 0 unspecified atom stereocenters. The summed E-state index contributed by atoms with van der Waals surface area (Å²) in [5, 5.41) is 2.70. The summed E-state index contributed by atoms with van der Waals surface area (Å²) in [7, 11) is 1.50. The van der Waals surface area contributed by atoms with Crippen molar-refractivity contribution in [2.24, 2.45) is 0 Å². The van der Waals surface area contributed by atoms with Gasteiger partial charge in [-0.1, -0.05) is 18.2 Å². The lowest BCUT2D eigenvalue weighted by Crippen LogP contribution is -2.39. The molecule has 8 nitrogen and oxygen atoms in total. The summed E-state index contributed by atoms with van der Waals surface area (Å²) in [5.41, 5.74) is 1.93. The first-order chi connectivity index (χ1) is 14.4. The van der Waals surface area contributed by atoms with Crippen LogP contribution in [0.3, 0.4) is 0 Å². The van der Waals surface area contributed by atoms with Crippen LogP contribution < -0.4 is 19.7 Å². The zero-order chi connectivity index (χ0) is 21.7. The molecule has 1 aliphatic heterocycles. The van der Waals surface area contributed by atoms with Crippen molar-refractivity contribution in [3.63, 3.8) is 0 Å². The number of esters is 1. The summed E-state index contributed by atoms with van der Waals surface area (Å²) < 4.78 is 16.1. The van der Waals surface area contributed by atoms with Crippen molar-refractivity contribution in [3.8, 4) is 11.5 Å². The number of amides is 2. The number of benzene rings is 2. The molecule has 2 aromatic rings. The SMILES string of the molecule is COc1ccc(C)cc1NC(=O)[C@@H](C)OC(=O)CN1C(=O)CCOc2ccccc21. The number of nitrogens with one attached hydrogen (secondary N) is 1. The Morgan fingerprint density at radius 1 is 1.23 bits per heavy atom. The van der Waals surface area contributed by atoms with Crippen LogP contribution in [0.25, 0.3) is 0 Å². The summed E-state index contributed by atoms with van der Waals surface area (Å²) in [6.07, 6.45) is -0.915. The number of para-hydroxylation sites is 2. The Hall–Kier alpha value is -3.55. The van der Waals surface area contributed by atoms with E-state index in [4.69, 9.17) is 14.2 Å². The van der Waals surface area contributed by atoms with Gasteiger partial charge in [-0.05, 0) is 43.7 Å². The smallest absolute Gasteiger partial charge is 0.326 e. The maximum Gasteiger partial charge on any atom is 0.326 e. The second-order valence-electron chi connectivity index (χ2n) is 6.87. The lowest BCUT2D eigenvalue weighted by atomic mass is 10.2. The van der Waals surface area contributed by atoms with E-state index in [1.807, 2.05) is 13.0 Å². The Morgan fingerprint density at radius 3 is 2.77 bits per heavy atom. The van der Waals surface area contributed by atoms with E-state index in [0.717, 1.165) is 5.56 Å². The van der Waals surface area contributed by atoms with Crippen molar-refractivity contribution in [2.75, 3.05) is 30.5 Å².